The van der Waals surface area contributed by atoms with Gasteiger partial charge in [-0.1, -0.05) is 38.5 Å². The molecule has 3 atom stereocenters. The van der Waals surface area contributed by atoms with Gasteiger partial charge in [-0.15, -0.1) is 11.8 Å². The number of nitrogens with zero attached hydrogens (tertiary/aromatic N) is 1. The van der Waals surface area contributed by atoms with E-state index in [2.05, 4.69) is 20.8 Å². The topological polar surface area (TPSA) is 59.3 Å². The summed E-state index contributed by atoms with van der Waals surface area (Å²) in [6.45, 7) is 7.14. The normalized spacial score (nSPS) is 29.7. The van der Waals surface area contributed by atoms with Gasteiger partial charge in [0.05, 0.1) is 11.4 Å². The molecule has 2 aliphatic rings. The minimum Gasteiger partial charge on any atom is -0.481 e. The van der Waals surface area contributed by atoms with Gasteiger partial charge in [0.2, 0.25) is 0 Å². The molecule has 0 bridgehead atoms. The summed E-state index contributed by atoms with van der Waals surface area (Å²) >= 11 is 3.13. The van der Waals surface area contributed by atoms with Gasteiger partial charge >= 0.3 is 10.8 Å². The van der Waals surface area contributed by atoms with Crippen molar-refractivity contribution in [2.75, 3.05) is 0 Å². The van der Waals surface area contributed by atoms with Crippen LogP contribution in [0.5, 0.6) is 0 Å². The van der Waals surface area contributed by atoms with Crippen LogP contribution in [-0.2, 0) is 11.3 Å². The number of thiazole rings is 1. The van der Waals surface area contributed by atoms with E-state index < -0.39 is 5.97 Å². The van der Waals surface area contributed by atoms with E-state index in [-0.39, 0.29) is 22.6 Å². The summed E-state index contributed by atoms with van der Waals surface area (Å²) in [5, 5.41) is 9.95. The highest BCUT2D eigenvalue weighted by atomic mass is 32.2. The van der Waals surface area contributed by atoms with Crippen LogP contribution in [-0.4, -0.2) is 20.4 Å². The van der Waals surface area contributed by atoms with E-state index in [1.807, 2.05) is 0 Å². The third-order valence-electron chi connectivity index (χ3n) is 5.12. The molecule has 0 amide bonds. The van der Waals surface area contributed by atoms with Crippen LogP contribution in [0, 0.1) is 11.8 Å². The molecule has 1 aliphatic carbocycles. The molecule has 3 rings (SSSR count). The highest BCUT2D eigenvalue weighted by molar-refractivity contribution is 8.00. The van der Waals surface area contributed by atoms with Crippen molar-refractivity contribution in [3.05, 3.63) is 14.5 Å². The molecule has 1 fully saturated rings. The molecule has 3 unspecified atom stereocenters. The molecular weight excluding hydrogens is 318 g/mol. The largest absolute Gasteiger partial charge is 0.481 e. The molecule has 0 radical (unpaired) electrons. The van der Waals surface area contributed by atoms with Crippen molar-refractivity contribution in [3.8, 4) is 0 Å². The Labute approximate surface area is 138 Å². The zero-order valence-corrected chi connectivity index (χ0v) is 14.9. The lowest BCUT2D eigenvalue weighted by Gasteiger charge is -2.47. The smallest absolute Gasteiger partial charge is 0.308 e. The van der Waals surface area contributed by atoms with Gasteiger partial charge in [-0.2, -0.15) is 0 Å². The summed E-state index contributed by atoms with van der Waals surface area (Å²) in [4.78, 5) is 24.4. The highest BCUT2D eigenvalue weighted by Crippen LogP contribution is 2.58. The van der Waals surface area contributed by atoms with E-state index in [0.29, 0.717) is 17.8 Å². The molecule has 6 heteroatoms. The predicted molar refractivity (Wildman–Crippen MR) is 90.0 cm³/mol. The Morgan fingerprint density at radius 3 is 2.82 bits per heavy atom. The number of carboxylic acids is 1. The molecule has 1 N–H and O–H groups in total. The second-order valence-corrected chi connectivity index (χ2v) is 9.81. The van der Waals surface area contributed by atoms with E-state index in [9.17, 15) is 9.59 Å². The molecule has 4 nitrogen and oxygen atoms in total. The number of aromatic nitrogens is 1. The number of aliphatic carboxylic acids is 1. The summed E-state index contributed by atoms with van der Waals surface area (Å²) in [5.74, 6) is 0.944. The van der Waals surface area contributed by atoms with Crippen molar-refractivity contribution in [1.29, 1.82) is 0 Å². The third-order valence-corrected chi connectivity index (χ3v) is 7.83. The summed E-state index contributed by atoms with van der Waals surface area (Å²) in [6, 6.07) is 0. The molecule has 0 saturated heterocycles. The van der Waals surface area contributed by atoms with Crippen molar-refractivity contribution in [3.63, 3.8) is 0 Å². The molecule has 1 aromatic rings. The van der Waals surface area contributed by atoms with Crippen LogP contribution in [0.25, 0.3) is 0 Å². The second-order valence-electron chi connectivity index (χ2n) is 7.17. The molecular formula is C16H23NO3S2. The quantitative estimate of drug-likeness (QED) is 0.909. The van der Waals surface area contributed by atoms with E-state index in [1.54, 1.807) is 16.3 Å². The van der Waals surface area contributed by atoms with Gasteiger partial charge < -0.3 is 5.11 Å². The van der Waals surface area contributed by atoms with Gasteiger partial charge in [-0.05, 0) is 24.7 Å². The van der Waals surface area contributed by atoms with Crippen LogP contribution in [0.1, 0.15) is 57.2 Å². The number of carboxylic acid groups (broad SMARTS) is 1. The zero-order valence-electron chi connectivity index (χ0n) is 13.3. The van der Waals surface area contributed by atoms with Crippen LogP contribution < -0.4 is 4.87 Å². The Balaban J connectivity index is 2.01. The van der Waals surface area contributed by atoms with Crippen LogP contribution in [0.15, 0.2) is 9.82 Å². The summed E-state index contributed by atoms with van der Waals surface area (Å²) in [5.41, 5.74) is 0. The Kier molecular flexibility index (Phi) is 4.18. The summed E-state index contributed by atoms with van der Waals surface area (Å²) < 4.78 is 1.81. The van der Waals surface area contributed by atoms with Gasteiger partial charge in [0.15, 0.2) is 0 Å². The standard InChI is InChI=1S/C16H23NO3S2/c1-9-4-5-11-10(8-9)13-14(22-16(11,2)3)17(15(20)21-13)7-6-12(18)19/h9-11H,4-8H2,1-3H3,(H,18,19). The van der Waals surface area contributed by atoms with Crippen LogP contribution >= 0.6 is 23.1 Å². The predicted octanol–water partition coefficient (Wildman–Crippen LogP) is 3.79. The lowest BCUT2D eigenvalue weighted by molar-refractivity contribution is -0.137. The Morgan fingerprint density at radius 1 is 1.41 bits per heavy atom. The van der Waals surface area contributed by atoms with Crippen molar-refractivity contribution in [2.45, 2.75) is 68.7 Å². The van der Waals surface area contributed by atoms with Gasteiger partial charge in [-0.3, -0.25) is 14.2 Å². The number of hydrogen-bond donors (Lipinski definition) is 1. The Bertz CT molecular complexity index is 646. The van der Waals surface area contributed by atoms with Crippen molar-refractivity contribution in [2.24, 2.45) is 11.8 Å². The Hall–Kier alpha value is -0.750. The zero-order chi connectivity index (χ0) is 16.1. The Morgan fingerprint density at radius 2 is 2.14 bits per heavy atom. The lowest BCUT2D eigenvalue weighted by atomic mass is 9.69. The third kappa shape index (κ3) is 2.75. The van der Waals surface area contributed by atoms with Gasteiger partial charge in [0.25, 0.3) is 0 Å². The number of fused-ring (bicyclic) bond motifs is 3. The van der Waals surface area contributed by atoms with Crippen LogP contribution in [0.4, 0.5) is 0 Å². The van der Waals surface area contributed by atoms with Gasteiger partial charge in [0, 0.05) is 22.1 Å². The summed E-state index contributed by atoms with van der Waals surface area (Å²) in [6.07, 6.45) is 3.66. The average Bonchev–Trinajstić information content (AvgIpc) is 2.71. The first-order chi connectivity index (χ1) is 10.3. The van der Waals surface area contributed by atoms with E-state index in [0.717, 1.165) is 11.4 Å². The molecule has 1 aromatic heterocycles. The molecule has 0 spiro atoms. The molecule has 2 heterocycles. The van der Waals surface area contributed by atoms with Crippen molar-refractivity contribution >= 4 is 29.1 Å². The number of carbonyl (C=O) groups is 1. The minimum absolute atomic E-state index is 0.00780. The first kappa shape index (κ1) is 16.1. The van der Waals surface area contributed by atoms with E-state index in [4.69, 9.17) is 5.11 Å². The molecule has 122 valence electrons. The molecule has 22 heavy (non-hydrogen) atoms. The fourth-order valence-electron chi connectivity index (χ4n) is 3.98. The van der Waals surface area contributed by atoms with Crippen LogP contribution in [0.3, 0.4) is 0 Å². The number of hydrogen-bond acceptors (Lipinski definition) is 4. The number of rotatable bonds is 3. The maximum absolute atomic E-state index is 12.4. The van der Waals surface area contributed by atoms with Crippen LogP contribution in [0.2, 0.25) is 0 Å². The fourth-order valence-corrected chi connectivity index (χ4v) is 6.84. The second kappa shape index (κ2) is 5.71. The van der Waals surface area contributed by atoms with Gasteiger partial charge in [-0.25, -0.2) is 0 Å². The maximum atomic E-state index is 12.4. The molecule has 1 aliphatic heterocycles. The molecule has 1 saturated carbocycles. The van der Waals surface area contributed by atoms with E-state index >= 15 is 0 Å². The average molecular weight is 341 g/mol. The van der Waals surface area contributed by atoms with Crippen molar-refractivity contribution < 1.29 is 9.90 Å². The van der Waals surface area contributed by atoms with Gasteiger partial charge in [0.1, 0.15) is 0 Å². The van der Waals surface area contributed by atoms with Crippen molar-refractivity contribution in [1.82, 2.24) is 4.57 Å². The highest BCUT2D eigenvalue weighted by Gasteiger charge is 2.47. The van der Waals surface area contributed by atoms with E-state index in [1.165, 1.54) is 29.1 Å². The lowest BCUT2D eigenvalue weighted by Crippen LogP contribution is -2.39. The SMILES string of the molecule is CC1CCC2C(C1)c1sc(=O)n(CCC(=O)O)c1SC2(C)C. The molecule has 0 aromatic carbocycles. The first-order valence-corrected chi connectivity index (χ1v) is 9.57. The first-order valence-electron chi connectivity index (χ1n) is 7.94. The summed E-state index contributed by atoms with van der Waals surface area (Å²) in [7, 11) is 0. The number of thioether (sulfide) groups is 1. The monoisotopic (exact) mass is 341 g/mol. The minimum atomic E-state index is -0.851. The fraction of sp³-hybridized carbons (Fsp3) is 0.750. The maximum Gasteiger partial charge on any atom is 0.308 e.